The van der Waals surface area contributed by atoms with Crippen LogP contribution in [0.5, 0.6) is 0 Å². The van der Waals surface area contributed by atoms with Crippen LogP contribution < -0.4 is 11.3 Å². The maximum Gasteiger partial charge on any atom is 0.0805 e. The fraction of sp³-hybridized carbons (Fsp3) is 0.231. The van der Waals surface area contributed by atoms with E-state index in [0.29, 0.717) is 0 Å². The van der Waals surface area contributed by atoms with E-state index in [2.05, 4.69) is 64.8 Å². The minimum atomic E-state index is 0.0711. The van der Waals surface area contributed by atoms with Crippen molar-refractivity contribution in [3.8, 4) is 0 Å². The second-order valence-corrected chi connectivity index (χ2v) is 5.88. The Morgan fingerprint density at radius 2 is 2.00 bits per heavy atom. The number of halogens is 1. The van der Waals surface area contributed by atoms with E-state index >= 15 is 0 Å². The van der Waals surface area contributed by atoms with Crippen molar-refractivity contribution in [2.75, 3.05) is 0 Å². The number of nitrogens with two attached hydrogens (primary N) is 1. The molecule has 0 aliphatic carbocycles. The Morgan fingerprint density at radius 3 is 2.53 bits per heavy atom. The molecule has 0 saturated heterocycles. The smallest absolute Gasteiger partial charge is 0.0805 e. The van der Waals surface area contributed by atoms with Gasteiger partial charge in [-0.05, 0) is 48.1 Å². The summed E-state index contributed by atoms with van der Waals surface area (Å²) in [5.41, 5.74) is 6.59. The van der Waals surface area contributed by atoms with E-state index in [9.17, 15) is 0 Å². The van der Waals surface area contributed by atoms with Gasteiger partial charge in [0.25, 0.3) is 0 Å². The number of hydrazine groups is 1. The first-order chi connectivity index (χ1) is 8.13. The van der Waals surface area contributed by atoms with Gasteiger partial charge in [-0.3, -0.25) is 5.84 Å². The third kappa shape index (κ3) is 2.60. The molecule has 0 fully saturated rings. The van der Waals surface area contributed by atoms with E-state index in [1.165, 1.54) is 21.6 Å². The van der Waals surface area contributed by atoms with Gasteiger partial charge < -0.3 is 0 Å². The van der Waals surface area contributed by atoms with Crippen LogP contribution in [0.2, 0.25) is 0 Å². The van der Waals surface area contributed by atoms with E-state index in [-0.39, 0.29) is 6.04 Å². The molecule has 0 saturated carbocycles. The maximum absolute atomic E-state index is 5.70. The summed E-state index contributed by atoms with van der Waals surface area (Å²) in [6.07, 6.45) is 0. The van der Waals surface area contributed by atoms with E-state index in [4.69, 9.17) is 5.84 Å². The monoisotopic (exact) mass is 310 g/mol. The summed E-state index contributed by atoms with van der Waals surface area (Å²) < 4.78 is 1.12. The van der Waals surface area contributed by atoms with E-state index in [0.717, 1.165) is 4.47 Å². The fourth-order valence-electron chi connectivity index (χ4n) is 1.85. The molecule has 1 heterocycles. The Labute approximate surface area is 114 Å². The van der Waals surface area contributed by atoms with Gasteiger partial charge in [-0.1, -0.05) is 28.1 Å². The second-order valence-electron chi connectivity index (χ2n) is 4.08. The molecule has 1 atom stereocenters. The van der Waals surface area contributed by atoms with E-state index in [1.807, 2.05) is 0 Å². The summed E-state index contributed by atoms with van der Waals surface area (Å²) in [5.74, 6) is 5.70. The van der Waals surface area contributed by atoms with Gasteiger partial charge in [0, 0.05) is 9.35 Å². The molecular weight excluding hydrogens is 296 g/mol. The van der Waals surface area contributed by atoms with Gasteiger partial charge in [0.15, 0.2) is 0 Å². The zero-order chi connectivity index (χ0) is 12.4. The number of thiophene rings is 1. The van der Waals surface area contributed by atoms with Gasteiger partial charge in [-0.25, -0.2) is 5.43 Å². The summed E-state index contributed by atoms with van der Waals surface area (Å²) >= 11 is 5.25. The number of rotatable bonds is 3. The first kappa shape index (κ1) is 12.8. The van der Waals surface area contributed by atoms with Crippen molar-refractivity contribution in [2.45, 2.75) is 19.9 Å². The molecule has 0 aliphatic rings. The minimum Gasteiger partial charge on any atom is -0.271 e. The maximum atomic E-state index is 5.70. The average molecular weight is 311 g/mol. The molecule has 1 unspecified atom stereocenters. The van der Waals surface area contributed by atoms with Gasteiger partial charge in [0.2, 0.25) is 0 Å². The molecule has 2 nitrogen and oxygen atoms in total. The van der Waals surface area contributed by atoms with Crippen LogP contribution in [0, 0.1) is 13.8 Å². The standard InChI is InChI=1S/C13H15BrN2S/c1-8-5-6-17-13(8)12(16-15)10-3-4-11(14)9(2)7-10/h3-7,12,16H,15H2,1-2H3. The lowest BCUT2D eigenvalue weighted by atomic mass is 10.0. The lowest BCUT2D eigenvalue weighted by Crippen LogP contribution is -2.28. The van der Waals surface area contributed by atoms with Crippen molar-refractivity contribution in [2.24, 2.45) is 5.84 Å². The first-order valence-electron chi connectivity index (χ1n) is 5.39. The molecule has 0 aliphatic heterocycles. The van der Waals surface area contributed by atoms with Crippen LogP contribution in [0.4, 0.5) is 0 Å². The first-order valence-corrected chi connectivity index (χ1v) is 7.07. The molecular formula is C13H15BrN2S. The highest BCUT2D eigenvalue weighted by atomic mass is 79.9. The summed E-state index contributed by atoms with van der Waals surface area (Å²) in [4.78, 5) is 1.27. The van der Waals surface area contributed by atoms with Crippen molar-refractivity contribution >= 4 is 27.3 Å². The second kappa shape index (κ2) is 5.31. The Hall–Kier alpha value is -0.680. The summed E-state index contributed by atoms with van der Waals surface area (Å²) in [6, 6.07) is 8.52. The van der Waals surface area contributed by atoms with Crippen LogP contribution >= 0.6 is 27.3 Å². The molecule has 2 aromatic rings. The molecule has 0 amide bonds. The van der Waals surface area contributed by atoms with Gasteiger partial charge in [-0.2, -0.15) is 0 Å². The Balaban J connectivity index is 2.42. The molecule has 0 spiro atoms. The molecule has 90 valence electrons. The van der Waals surface area contributed by atoms with Crippen molar-refractivity contribution in [3.63, 3.8) is 0 Å². The number of hydrogen-bond acceptors (Lipinski definition) is 3. The molecule has 3 N–H and O–H groups in total. The van der Waals surface area contributed by atoms with E-state index < -0.39 is 0 Å². The van der Waals surface area contributed by atoms with Crippen molar-refractivity contribution < 1.29 is 0 Å². The van der Waals surface area contributed by atoms with Crippen molar-refractivity contribution in [1.29, 1.82) is 0 Å². The third-order valence-electron chi connectivity index (χ3n) is 2.85. The van der Waals surface area contributed by atoms with Crippen LogP contribution in [0.3, 0.4) is 0 Å². The van der Waals surface area contributed by atoms with Gasteiger partial charge in [0.05, 0.1) is 6.04 Å². The molecule has 17 heavy (non-hydrogen) atoms. The third-order valence-corrected chi connectivity index (χ3v) is 4.82. The molecule has 1 aromatic carbocycles. The lowest BCUT2D eigenvalue weighted by Gasteiger charge is -2.17. The van der Waals surface area contributed by atoms with E-state index in [1.54, 1.807) is 11.3 Å². The highest BCUT2D eigenvalue weighted by Gasteiger charge is 2.16. The van der Waals surface area contributed by atoms with Crippen LogP contribution in [-0.2, 0) is 0 Å². The molecule has 1 aromatic heterocycles. The summed E-state index contributed by atoms with van der Waals surface area (Å²) in [7, 11) is 0. The number of hydrogen-bond donors (Lipinski definition) is 2. The normalized spacial score (nSPS) is 12.7. The predicted octanol–water partition coefficient (Wildman–Crippen LogP) is 3.68. The predicted molar refractivity (Wildman–Crippen MR) is 77.1 cm³/mol. The number of aryl methyl sites for hydroxylation is 2. The van der Waals surface area contributed by atoms with Gasteiger partial charge in [0.1, 0.15) is 0 Å². The van der Waals surface area contributed by atoms with Crippen LogP contribution in [0.15, 0.2) is 34.1 Å². The van der Waals surface area contributed by atoms with Gasteiger partial charge in [-0.15, -0.1) is 11.3 Å². The topological polar surface area (TPSA) is 38.0 Å². The minimum absolute atomic E-state index is 0.0711. The highest BCUT2D eigenvalue weighted by molar-refractivity contribution is 9.10. The zero-order valence-electron chi connectivity index (χ0n) is 9.83. The molecule has 0 bridgehead atoms. The number of nitrogens with one attached hydrogen (secondary N) is 1. The summed E-state index contributed by atoms with van der Waals surface area (Å²) in [6.45, 7) is 4.20. The molecule has 0 radical (unpaired) electrons. The molecule has 4 heteroatoms. The van der Waals surface area contributed by atoms with Crippen LogP contribution in [0.25, 0.3) is 0 Å². The largest absolute Gasteiger partial charge is 0.271 e. The average Bonchev–Trinajstić information content (AvgIpc) is 2.71. The fourth-order valence-corrected chi connectivity index (χ4v) is 3.11. The van der Waals surface area contributed by atoms with Gasteiger partial charge >= 0.3 is 0 Å². The summed E-state index contributed by atoms with van der Waals surface area (Å²) in [5, 5.41) is 2.10. The highest BCUT2D eigenvalue weighted by Crippen LogP contribution is 2.30. The molecule has 2 rings (SSSR count). The lowest BCUT2D eigenvalue weighted by molar-refractivity contribution is 0.643. The van der Waals surface area contributed by atoms with Crippen LogP contribution in [-0.4, -0.2) is 0 Å². The Bertz CT molecular complexity index is 522. The Morgan fingerprint density at radius 1 is 1.24 bits per heavy atom. The number of benzene rings is 1. The quantitative estimate of drug-likeness (QED) is 0.670. The SMILES string of the molecule is Cc1cc(C(NN)c2sccc2C)ccc1Br. The zero-order valence-corrected chi connectivity index (χ0v) is 12.2. The van der Waals surface area contributed by atoms with Crippen molar-refractivity contribution in [1.82, 2.24) is 5.43 Å². The van der Waals surface area contributed by atoms with Crippen LogP contribution in [0.1, 0.15) is 27.6 Å². The Kier molecular flexibility index (Phi) is 3.99. The van der Waals surface area contributed by atoms with Crippen molar-refractivity contribution in [3.05, 3.63) is 55.7 Å².